The zero-order chi connectivity index (χ0) is 11.4. The summed E-state index contributed by atoms with van der Waals surface area (Å²) in [6.45, 7) is 4.53. The molecule has 0 aromatic heterocycles. The highest BCUT2D eigenvalue weighted by Gasteiger charge is 2.13. The van der Waals surface area contributed by atoms with Crippen molar-refractivity contribution in [3.63, 3.8) is 0 Å². The first-order chi connectivity index (χ1) is 7.83. The van der Waals surface area contributed by atoms with Crippen molar-refractivity contribution < 1.29 is 0 Å². The Bertz CT molecular complexity index is 407. The molecule has 16 heavy (non-hydrogen) atoms. The van der Waals surface area contributed by atoms with Gasteiger partial charge < -0.3 is 0 Å². The van der Waals surface area contributed by atoms with E-state index in [-0.39, 0.29) is 0 Å². The van der Waals surface area contributed by atoms with Gasteiger partial charge in [0.15, 0.2) is 0 Å². The molecule has 0 unspecified atom stereocenters. The summed E-state index contributed by atoms with van der Waals surface area (Å²) in [5.74, 6) is 0. The van der Waals surface area contributed by atoms with Crippen molar-refractivity contribution in [1.82, 2.24) is 0 Å². The van der Waals surface area contributed by atoms with Crippen LogP contribution in [0.4, 0.5) is 0 Å². The van der Waals surface area contributed by atoms with Gasteiger partial charge in [-0.3, -0.25) is 0 Å². The molecule has 0 radical (unpaired) electrons. The van der Waals surface area contributed by atoms with E-state index in [1.165, 1.54) is 24.8 Å². The Morgan fingerprint density at radius 2 is 1.75 bits per heavy atom. The molecule has 1 aromatic carbocycles. The molecule has 2 rings (SSSR count). The van der Waals surface area contributed by atoms with Gasteiger partial charge in [0.1, 0.15) is 0 Å². The fourth-order valence-electron chi connectivity index (χ4n) is 2.36. The average Bonchev–Trinajstić information content (AvgIpc) is 2.73. The van der Waals surface area contributed by atoms with Crippen LogP contribution in [-0.2, 0) is 6.42 Å². The first-order valence-corrected chi connectivity index (χ1v) is 6.27. The predicted molar refractivity (Wildman–Crippen MR) is 70.5 cm³/mol. The van der Waals surface area contributed by atoms with Crippen molar-refractivity contribution >= 4 is 0 Å². The third-order valence-corrected chi connectivity index (χ3v) is 3.39. The maximum absolute atomic E-state index is 2.42. The minimum absolute atomic E-state index is 1.10. The van der Waals surface area contributed by atoms with Crippen LogP contribution in [0.1, 0.15) is 38.7 Å². The molecule has 0 bridgehead atoms. The second-order valence-corrected chi connectivity index (χ2v) is 4.48. The highest BCUT2D eigenvalue weighted by Crippen LogP contribution is 2.31. The van der Waals surface area contributed by atoms with Crippen LogP contribution in [-0.4, -0.2) is 0 Å². The maximum atomic E-state index is 2.42. The van der Waals surface area contributed by atoms with Crippen molar-refractivity contribution in [3.8, 4) is 0 Å². The normalized spacial score (nSPS) is 15.5. The average molecular weight is 212 g/mol. The number of hydrogen-bond acceptors (Lipinski definition) is 0. The molecule has 0 spiro atoms. The fourth-order valence-corrected chi connectivity index (χ4v) is 2.36. The Morgan fingerprint density at radius 1 is 1.00 bits per heavy atom. The van der Waals surface area contributed by atoms with E-state index in [1.807, 2.05) is 0 Å². The summed E-state index contributed by atoms with van der Waals surface area (Å²) in [6.07, 6.45) is 7.14. The summed E-state index contributed by atoms with van der Waals surface area (Å²) in [5, 5.41) is 0. The Morgan fingerprint density at radius 3 is 2.38 bits per heavy atom. The molecule has 84 valence electrons. The van der Waals surface area contributed by atoms with Crippen molar-refractivity contribution in [2.75, 3.05) is 0 Å². The van der Waals surface area contributed by atoms with Gasteiger partial charge in [-0.2, -0.15) is 0 Å². The SMILES string of the molecule is CCC1=CC(Cc2ccccc2)=C(CC)C1. The molecular weight excluding hydrogens is 192 g/mol. The van der Waals surface area contributed by atoms with Gasteiger partial charge >= 0.3 is 0 Å². The molecule has 0 saturated carbocycles. The van der Waals surface area contributed by atoms with Gasteiger partial charge in [0, 0.05) is 0 Å². The number of hydrogen-bond donors (Lipinski definition) is 0. The molecule has 0 saturated heterocycles. The lowest BCUT2D eigenvalue weighted by atomic mass is 10.0. The number of allylic oxidation sites excluding steroid dienone is 4. The Hall–Kier alpha value is -1.30. The van der Waals surface area contributed by atoms with Crippen LogP contribution < -0.4 is 0 Å². The Kier molecular flexibility index (Phi) is 3.61. The first-order valence-electron chi connectivity index (χ1n) is 6.27. The molecule has 1 aliphatic carbocycles. The van der Waals surface area contributed by atoms with Crippen LogP contribution >= 0.6 is 0 Å². The molecule has 0 aliphatic heterocycles. The van der Waals surface area contributed by atoms with E-state index in [9.17, 15) is 0 Å². The molecule has 1 aliphatic rings. The van der Waals surface area contributed by atoms with Crippen LogP contribution in [0, 0.1) is 0 Å². The lowest BCUT2D eigenvalue weighted by Crippen LogP contribution is -1.89. The van der Waals surface area contributed by atoms with Gasteiger partial charge in [0.2, 0.25) is 0 Å². The van der Waals surface area contributed by atoms with Crippen molar-refractivity contribution in [2.45, 2.75) is 39.5 Å². The Labute approximate surface area is 98.7 Å². The van der Waals surface area contributed by atoms with E-state index >= 15 is 0 Å². The molecule has 0 nitrogen and oxygen atoms in total. The summed E-state index contributed by atoms with van der Waals surface area (Å²) in [7, 11) is 0. The summed E-state index contributed by atoms with van der Waals surface area (Å²) in [5.41, 5.74) is 6.23. The topological polar surface area (TPSA) is 0 Å². The zero-order valence-corrected chi connectivity index (χ0v) is 10.3. The lowest BCUT2D eigenvalue weighted by Gasteiger charge is -2.04. The highest BCUT2D eigenvalue weighted by molar-refractivity contribution is 5.42. The van der Waals surface area contributed by atoms with E-state index in [0.29, 0.717) is 0 Å². The van der Waals surface area contributed by atoms with Crippen molar-refractivity contribution in [3.05, 3.63) is 58.7 Å². The largest absolute Gasteiger partial charge is 0.0661 e. The molecule has 0 heteroatoms. The highest BCUT2D eigenvalue weighted by atomic mass is 14.2. The minimum atomic E-state index is 1.10. The van der Waals surface area contributed by atoms with E-state index in [2.05, 4.69) is 50.3 Å². The molecule has 0 atom stereocenters. The van der Waals surface area contributed by atoms with Crippen LogP contribution in [0.3, 0.4) is 0 Å². The molecule has 0 heterocycles. The summed E-state index contributed by atoms with van der Waals surface area (Å²) < 4.78 is 0. The van der Waals surface area contributed by atoms with Gasteiger partial charge in [0.05, 0.1) is 0 Å². The lowest BCUT2D eigenvalue weighted by molar-refractivity contribution is 0.949. The first kappa shape index (κ1) is 11.2. The van der Waals surface area contributed by atoms with Gasteiger partial charge in [-0.25, -0.2) is 0 Å². The van der Waals surface area contributed by atoms with E-state index in [4.69, 9.17) is 0 Å². The third-order valence-electron chi connectivity index (χ3n) is 3.39. The van der Waals surface area contributed by atoms with E-state index in [1.54, 1.807) is 16.7 Å². The summed E-state index contributed by atoms with van der Waals surface area (Å²) >= 11 is 0. The predicted octanol–water partition coefficient (Wildman–Crippen LogP) is 4.68. The second kappa shape index (κ2) is 5.16. The summed E-state index contributed by atoms with van der Waals surface area (Å²) in [6, 6.07) is 10.8. The number of rotatable bonds is 4. The van der Waals surface area contributed by atoms with Crippen LogP contribution in [0.2, 0.25) is 0 Å². The van der Waals surface area contributed by atoms with Crippen LogP contribution in [0.5, 0.6) is 0 Å². The number of benzene rings is 1. The molecule has 1 aromatic rings. The fraction of sp³-hybridized carbons (Fsp3) is 0.375. The zero-order valence-electron chi connectivity index (χ0n) is 10.3. The molecule has 0 amide bonds. The monoisotopic (exact) mass is 212 g/mol. The van der Waals surface area contributed by atoms with Crippen molar-refractivity contribution in [2.24, 2.45) is 0 Å². The summed E-state index contributed by atoms with van der Waals surface area (Å²) in [4.78, 5) is 0. The molecule has 0 N–H and O–H groups in total. The Balaban J connectivity index is 2.16. The smallest absolute Gasteiger partial charge is 0.00261 e. The van der Waals surface area contributed by atoms with Crippen LogP contribution in [0.25, 0.3) is 0 Å². The third kappa shape index (κ3) is 2.44. The minimum Gasteiger partial charge on any atom is -0.0661 e. The van der Waals surface area contributed by atoms with Gasteiger partial charge in [-0.05, 0) is 36.8 Å². The second-order valence-electron chi connectivity index (χ2n) is 4.48. The molecule has 0 fully saturated rings. The standard InChI is InChI=1S/C16H20/c1-3-13-10-15(4-2)16(11-13)12-14-8-6-5-7-9-14/h5-9,11H,3-4,10,12H2,1-2H3. The van der Waals surface area contributed by atoms with E-state index < -0.39 is 0 Å². The van der Waals surface area contributed by atoms with Crippen LogP contribution in [0.15, 0.2) is 53.1 Å². The maximum Gasteiger partial charge on any atom is -0.00261 e. The quantitative estimate of drug-likeness (QED) is 0.680. The molecular formula is C16H20. The van der Waals surface area contributed by atoms with E-state index in [0.717, 1.165) is 6.42 Å². The van der Waals surface area contributed by atoms with Gasteiger partial charge in [-0.1, -0.05) is 61.4 Å². The van der Waals surface area contributed by atoms with Gasteiger partial charge in [0.25, 0.3) is 0 Å². The van der Waals surface area contributed by atoms with Gasteiger partial charge in [-0.15, -0.1) is 0 Å². The van der Waals surface area contributed by atoms with Crippen molar-refractivity contribution in [1.29, 1.82) is 0 Å².